The lowest BCUT2D eigenvalue weighted by Gasteiger charge is -2.06. The minimum atomic E-state index is 0.0209. The van der Waals surface area contributed by atoms with Crippen LogP contribution in [0.25, 0.3) is 0 Å². The van der Waals surface area contributed by atoms with Gasteiger partial charge in [-0.3, -0.25) is 0 Å². The quantitative estimate of drug-likeness (QED) is 0.825. The van der Waals surface area contributed by atoms with E-state index in [-0.39, 0.29) is 6.04 Å². The van der Waals surface area contributed by atoms with Crippen LogP contribution < -0.4 is 5.73 Å². The Morgan fingerprint density at radius 3 is 2.53 bits per heavy atom. The fourth-order valence-corrected chi connectivity index (χ4v) is 4.54. The van der Waals surface area contributed by atoms with Gasteiger partial charge in [0, 0.05) is 26.7 Å². The summed E-state index contributed by atoms with van der Waals surface area (Å²) in [5.74, 6) is 0. The molecule has 0 radical (unpaired) electrons. The fourth-order valence-electron chi connectivity index (χ4n) is 1.46. The normalized spacial score (nSPS) is 13.0. The van der Waals surface area contributed by atoms with Gasteiger partial charge in [0.2, 0.25) is 0 Å². The third-order valence-corrected chi connectivity index (χ3v) is 6.98. The number of halogens is 2. The highest BCUT2D eigenvalue weighted by Gasteiger charge is 2.14. The van der Waals surface area contributed by atoms with Crippen LogP contribution in [-0.4, -0.2) is 4.98 Å². The van der Waals surface area contributed by atoms with Crippen molar-refractivity contribution in [3.63, 3.8) is 0 Å². The van der Waals surface area contributed by atoms with Gasteiger partial charge in [-0.05, 0) is 51.8 Å². The second kappa shape index (κ2) is 5.48. The van der Waals surface area contributed by atoms with Crippen molar-refractivity contribution in [1.82, 2.24) is 4.98 Å². The molecule has 2 N–H and O–H groups in total. The van der Waals surface area contributed by atoms with Crippen molar-refractivity contribution in [1.29, 1.82) is 0 Å². The summed E-state index contributed by atoms with van der Waals surface area (Å²) in [6.07, 6.45) is 0.804. The van der Waals surface area contributed by atoms with Gasteiger partial charge in [0.25, 0.3) is 0 Å². The predicted molar refractivity (Wildman–Crippen MR) is 81.9 cm³/mol. The zero-order valence-electron chi connectivity index (χ0n) is 9.46. The molecule has 0 amide bonds. The van der Waals surface area contributed by atoms with E-state index < -0.39 is 0 Å². The fraction of sp³-hybridized carbons (Fsp3) is 0.364. The molecule has 0 saturated carbocycles. The highest BCUT2D eigenvalue weighted by molar-refractivity contribution is 9.13. The molecule has 1 atom stereocenters. The number of aryl methyl sites for hydroxylation is 2. The molecular formula is C11H12Br2N2S2. The molecule has 2 nitrogen and oxygen atoms in total. The van der Waals surface area contributed by atoms with Crippen LogP contribution in [0.4, 0.5) is 0 Å². The van der Waals surface area contributed by atoms with E-state index in [0.29, 0.717) is 0 Å². The van der Waals surface area contributed by atoms with Gasteiger partial charge >= 0.3 is 0 Å². The van der Waals surface area contributed by atoms with E-state index in [2.05, 4.69) is 49.8 Å². The molecular weight excluding hydrogens is 384 g/mol. The Balaban J connectivity index is 2.13. The minimum Gasteiger partial charge on any atom is -0.323 e. The molecule has 0 aliphatic carbocycles. The Kier molecular flexibility index (Phi) is 4.41. The van der Waals surface area contributed by atoms with Crippen LogP contribution in [0, 0.1) is 13.8 Å². The molecule has 0 saturated heterocycles. The summed E-state index contributed by atoms with van der Waals surface area (Å²) < 4.78 is 2.16. The number of aromatic nitrogens is 1. The molecule has 17 heavy (non-hydrogen) atoms. The molecule has 6 heteroatoms. The predicted octanol–water partition coefficient (Wildman–Crippen LogP) is 4.59. The number of hydrogen-bond donors (Lipinski definition) is 1. The van der Waals surface area contributed by atoms with E-state index in [0.717, 1.165) is 25.4 Å². The molecule has 0 spiro atoms. The van der Waals surface area contributed by atoms with E-state index in [1.165, 1.54) is 9.75 Å². The summed E-state index contributed by atoms with van der Waals surface area (Å²) in [5, 5.41) is 1.12. The second-order valence-electron chi connectivity index (χ2n) is 3.83. The number of nitrogens with two attached hydrogens (primary N) is 1. The Morgan fingerprint density at radius 1 is 1.35 bits per heavy atom. The van der Waals surface area contributed by atoms with Gasteiger partial charge in [-0.2, -0.15) is 0 Å². The molecule has 0 aliphatic rings. The largest absolute Gasteiger partial charge is 0.323 e. The van der Waals surface area contributed by atoms with Crippen molar-refractivity contribution >= 4 is 54.5 Å². The lowest BCUT2D eigenvalue weighted by Crippen LogP contribution is -2.11. The average molecular weight is 396 g/mol. The maximum atomic E-state index is 6.20. The van der Waals surface area contributed by atoms with Crippen molar-refractivity contribution in [3.05, 3.63) is 34.8 Å². The van der Waals surface area contributed by atoms with Gasteiger partial charge < -0.3 is 5.73 Å². The first-order chi connectivity index (χ1) is 7.97. The summed E-state index contributed by atoms with van der Waals surface area (Å²) in [5.41, 5.74) is 7.32. The first-order valence-corrected chi connectivity index (χ1v) is 8.32. The third-order valence-electron chi connectivity index (χ3n) is 2.50. The van der Waals surface area contributed by atoms with Gasteiger partial charge in [-0.25, -0.2) is 4.98 Å². The van der Waals surface area contributed by atoms with Crippen molar-refractivity contribution in [3.8, 4) is 0 Å². The summed E-state index contributed by atoms with van der Waals surface area (Å²) in [6, 6.07) is 2.10. The van der Waals surface area contributed by atoms with Crippen LogP contribution in [0.5, 0.6) is 0 Å². The van der Waals surface area contributed by atoms with E-state index in [4.69, 9.17) is 5.73 Å². The Labute approximate surface area is 126 Å². The summed E-state index contributed by atoms with van der Waals surface area (Å²) in [4.78, 5) is 6.98. The summed E-state index contributed by atoms with van der Waals surface area (Å²) in [6.45, 7) is 4.14. The molecule has 2 rings (SSSR count). The summed E-state index contributed by atoms with van der Waals surface area (Å²) >= 11 is 10.4. The first kappa shape index (κ1) is 13.7. The van der Waals surface area contributed by atoms with Gasteiger partial charge in [0.15, 0.2) is 0 Å². The molecule has 2 aromatic rings. The standard InChI is InChI=1S/C11H12Br2N2S2/c1-5-6(2)16-10(15-5)4-8(14)9-3-7(12)11(13)17-9/h3,8H,4,14H2,1-2H3. The molecule has 0 aromatic carbocycles. The smallest absolute Gasteiger partial charge is 0.0950 e. The van der Waals surface area contributed by atoms with Crippen LogP contribution in [0.3, 0.4) is 0 Å². The van der Waals surface area contributed by atoms with Crippen LogP contribution in [-0.2, 0) is 6.42 Å². The number of nitrogens with zero attached hydrogens (tertiary/aromatic N) is 1. The van der Waals surface area contributed by atoms with E-state index in [9.17, 15) is 0 Å². The molecule has 92 valence electrons. The molecule has 0 bridgehead atoms. The summed E-state index contributed by atoms with van der Waals surface area (Å²) in [7, 11) is 0. The van der Waals surface area contributed by atoms with E-state index in [1.54, 1.807) is 22.7 Å². The van der Waals surface area contributed by atoms with Crippen molar-refractivity contribution in [2.45, 2.75) is 26.3 Å². The van der Waals surface area contributed by atoms with Gasteiger partial charge in [0.05, 0.1) is 14.5 Å². The SMILES string of the molecule is Cc1nc(CC(N)c2cc(Br)c(Br)s2)sc1C. The highest BCUT2D eigenvalue weighted by atomic mass is 79.9. The Bertz CT molecular complexity index is 495. The zero-order chi connectivity index (χ0) is 12.6. The Morgan fingerprint density at radius 2 is 2.06 bits per heavy atom. The average Bonchev–Trinajstić information content (AvgIpc) is 2.73. The van der Waals surface area contributed by atoms with E-state index in [1.807, 2.05) is 6.92 Å². The van der Waals surface area contributed by atoms with Crippen LogP contribution in [0.2, 0.25) is 0 Å². The van der Waals surface area contributed by atoms with Crippen LogP contribution in [0.15, 0.2) is 14.3 Å². The molecule has 2 aromatic heterocycles. The molecule has 0 aliphatic heterocycles. The molecule has 1 unspecified atom stereocenters. The number of rotatable bonds is 3. The van der Waals surface area contributed by atoms with Gasteiger partial charge in [0.1, 0.15) is 0 Å². The molecule has 0 fully saturated rings. The number of thiophene rings is 1. The first-order valence-electron chi connectivity index (χ1n) is 5.10. The number of hydrogen-bond acceptors (Lipinski definition) is 4. The lowest BCUT2D eigenvalue weighted by molar-refractivity contribution is 0.730. The van der Waals surface area contributed by atoms with Crippen molar-refractivity contribution < 1.29 is 0 Å². The van der Waals surface area contributed by atoms with Crippen molar-refractivity contribution in [2.75, 3.05) is 0 Å². The van der Waals surface area contributed by atoms with E-state index >= 15 is 0 Å². The molecule has 2 heterocycles. The van der Waals surface area contributed by atoms with Crippen molar-refractivity contribution in [2.24, 2.45) is 5.73 Å². The topological polar surface area (TPSA) is 38.9 Å². The lowest BCUT2D eigenvalue weighted by atomic mass is 10.2. The minimum absolute atomic E-state index is 0.0209. The third kappa shape index (κ3) is 3.17. The van der Waals surface area contributed by atoms with Gasteiger partial charge in [-0.15, -0.1) is 22.7 Å². The monoisotopic (exact) mass is 394 g/mol. The number of thiazole rings is 1. The maximum Gasteiger partial charge on any atom is 0.0950 e. The van der Waals surface area contributed by atoms with Crippen LogP contribution >= 0.6 is 54.5 Å². The second-order valence-corrected chi connectivity index (χ2v) is 8.37. The maximum absolute atomic E-state index is 6.20. The van der Waals surface area contributed by atoms with Crippen LogP contribution in [0.1, 0.15) is 26.5 Å². The van der Waals surface area contributed by atoms with Gasteiger partial charge in [-0.1, -0.05) is 0 Å². The zero-order valence-corrected chi connectivity index (χ0v) is 14.3. The Hall–Kier alpha value is 0.250. The highest BCUT2D eigenvalue weighted by Crippen LogP contribution is 2.36.